The minimum atomic E-state index is -0.423. The molecule has 2 rings (SSSR count). The van der Waals surface area contributed by atoms with Crippen LogP contribution in [0.1, 0.15) is 12.8 Å². The van der Waals surface area contributed by atoms with Crippen molar-refractivity contribution in [2.45, 2.75) is 23.8 Å². The van der Waals surface area contributed by atoms with Gasteiger partial charge >= 0.3 is 5.69 Å². The Bertz CT molecular complexity index is 419. The highest BCUT2D eigenvalue weighted by Crippen LogP contribution is 2.35. The standard InChI is InChI=1S/C11H14N2O3S/c12-9-4-1-5-10(11(9)13(14)15)17-7-8-3-2-6-16-8/h1,4-5,8H,2-3,6-7,12H2. The van der Waals surface area contributed by atoms with Crippen LogP contribution in [-0.4, -0.2) is 23.4 Å². The lowest BCUT2D eigenvalue weighted by Gasteiger charge is -2.09. The minimum absolute atomic E-state index is 0.00972. The summed E-state index contributed by atoms with van der Waals surface area (Å²) in [5.41, 5.74) is 5.84. The zero-order valence-corrected chi connectivity index (χ0v) is 10.1. The van der Waals surface area contributed by atoms with Gasteiger partial charge in [0.15, 0.2) is 0 Å². The van der Waals surface area contributed by atoms with E-state index in [0.29, 0.717) is 4.90 Å². The van der Waals surface area contributed by atoms with Crippen LogP contribution >= 0.6 is 11.8 Å². The van der Waals surface area contributed by atoms with E-state index in [-0.39, 0.29) is 17.5 Å². The summed E-state index contributed by atoms with van der Waals surface area (Å²) in [5, 5.41) is 10.9. The van der Waals surface area contributed by atoms with Crippen molar-refractivity contribution >= 4 is 23.1 Å². The predicted octanol–water partition coefficient (Wildman–Crippen LogP) is 2.45. The lowest BCUT2D eigenvalue weighted by molar-refractivity contribution is -0.386. The first kappa shape index (κ1) is 12.2. The van der Waals surface area contributed by atoms with Gasteiger partial charge in [-0.2, -0.15) is 0 Å². The van der Waals surface area contributed by atoms with E-state index in [1.54, 1.807) is 18.2 Å². The second-order valence-electron chi connectivity index (χ2n) is 3.90. The molecule has 1 saturated heterocycles. The summed E-state index contributed by atoms with van der Waals surface area (Å²) in [5.74, 6) is 0.740. The first-order valence-corrected chi connectivity index (χ1v) is 6.44. The third kappa shape index (κ3) is 2.89. The van der Waals surface area contributed by atoms with E-state index < -0.39 is 4.92 Å². The maximum absolute atomic E-state index is 10.9. The van der Waals surface area contributed by atoms with Gasteiger partial charge in [0.25, 0.3) is 0 Å². The van der Waals surface area contributed by atoms with Crippen molar-refractivity contribution in [2.75, 3.05) is 18.1 Å². The lowest BCUT2D eigenvalue weighted by Crippen LogP contribution is -2.08. The van der Waals surface area contributed by atoms with Gasteiger partial charge < -0.3 is 10.5 Å². The monoisotopic (exact) mass is 254 g/mol. The van der Waals surface area contributed by atoms with E-state index in [2.05, 4.69) is 0 Å². The summed E-state index contributed by atoms with van der Waals surface area (Å²) < 4.78 is 5.48. The number of ether oxygens (including phenoxy) is 1. The summed E-state index contributed by atoms with van der Waals surface area (Å²) in [4.78, 5) is 11.1. The Morgan fingerprint density at radius 1 is 1.59 bits per heavy atom. The van der Waals surface area contributed by atoms with Crippen molar-refractivity contribution in [3.05, 3.63) is 28.3 Å². The molecule has 0 radical (unpaired) electrons. The van der Waals surface area contributed by atoms with E-state index in [1.165, 1.54) is 11.8 Å². The number of hydrogen-bond acceptors (Lipinski definition) is 5. The van der Waals surface area contributed by atoms with E-state index in [0.717, 1.165) is 25.2 Å². The molecule has 1 fully saturated rings. The number of nitrogens with zero attached hydrogens (tertiary/aromatic N) is 1. The molecule has 1 aromatic carbocycles. The molecule has 92 valence electrons. The van der Waals surface area contributed by atoms with Crippen LogP contribution in [0, 0.1) is 10.1 Å². The molecule has 1 atom stereocenters. The van der Waals surface area contributed by atoms with Gasteiger partial charge in [0.2, 0.25) is 0 Å². The molecular formula is C11H14N2O3S. The number of nitro groups is 1. The average Bonchev–Trinajstić information content (AvgIpc) is 2.78. The van der Waals surface area contributed by atoms with Crippen molar-refractivity contribution < 1.29 is 9.66 Å². The molecule has 17 heavy (non-hydrogen) atoms. The number of anilines is 1. The van der Waals surface area contributed by atoms with Gasteiger partial charge in [-0.25, -0.2) is 0 Å². The normalized spacial score (nSPS) is 19.4. The van der Waals surface area contributed by atoms with E-state index in [1.807, 2.05) is 0 Å². The Hall–Kier alpha value is -1.27. The van der Waals surface area contributed by atoms with Crippen molar-refractivity contribution in [1.82, 2.24) is 0 Å². The zero-order chi connectivity index (χ0) is 12.3. The highest BCUT2D eigenvalue weighted by molar-refractivity contribution is 7.99. The molecule has 1 aliphatic rings. The number of rotatable bonds is 4. The maximum Gasteiger partial charge on any atom is 0.305 e. The lowest BCUT2D eigenvalue weighted by atomic mass is 10.3. The predicted molar refractivity (Wildman–Crippen MR) is 67.2 cm³/mol. The Balaban J connectivity index is 2.09. The first-order valence-electron chi connectivity index (χ1n) is 5.46. The minimum Gasteiger partial charge on any atom is -0.393 e. The Morgan fingerprint density at radius 2 is 2.41 bits per heavy atom. The summed E-state index contributed by atoms with van der Waals surface area (Å²) in [6, 6.07) is 5.02. The van der Waals surface area contributed by atoms with Gasteiger partial charge in [-0.05, 0) is 25.0 Å². The smallest absolute Gasteiger partial charge is 0.305 e. The Kier molecular flexibility index (Phi) is 3.86. The second kappa shape index (κ2) is 5.37. The molecule has 0 amide bonds. The first-order chi connectivity index (χ1) is 8.18. The van der Waals surface area contributed by atoms with Gasteiger partial charge in [-0.1, -0.05) is 6.07 Å². The molecule has 0 saturated carbocycles. The van der Waals surface area contributed by atoms with Crippen LogP contribution in [0.15, 0.2) is 23.1 Å². The average molecular weight is 254 g/mol. The Morgan fingerprint density at radius 3 is 3.06 bits per heavy atom. The molecule has 0 aromatic heterocycles. The van der Waals surface area contributed by atoms with Crippen LogP contribution in [0.5, 0.6) is 0 Å². The molecule has 5 nitrogen and oxygen atoms in total. The van der Waals surface area contributed by atoms with Crippen molar-refractivity contribution in [3.8, 4) is 0 Å². The van der Waals surface area contributed by atoms with E-state index >= 15 is 0 Å². The number of hydrogen-bond donors (Lipinski definition) is 1. The third-order valence-corrected chi connectivity index (χ3v) is 3.84. The van der Waals surface area contributed by atoms with Crippen molar-refractivity contribution in [3.63, 3.8) is 0 Å². The Labute approximate surface area is 103 Å². The largest absolute Gasteiger partial charge is 0.393 e. The number of thioether (sulfide) groups is 1. The van der Waals surface area contributed by atoms with Crippen LogP contribution in [0.25, 0.3) is 0 Å². The molecule has 1 unspecified atom stereocenters. The molecular weight excluding hydrogens is 240 g/mol. The van der Waals surface area contributed by atoms with Crippen molar-refractivity contribution in [1.29, 1.82) is 0 Å². The third-order valence-electron chi connectivity index (χ3n) is 2.66. The van der Waals surface area contributed by atoms with Gasteiger partial charge in [-0.3, -0.25) is 10.1 Å². The summed E-state index contributed by atoms with van der Waals surface area (Å²) >= 11 is 1.44. The van der Waals surface area contributed by atoms with Gasteiger partial charge in [0, 0.05) is 12.4 Å². The molecule has 2 N–H and O–H groups in total. The number of nitro benzene ring substituents is 1. The summed E-state index contributed by atoms with van der Waals surface area (Å²) in [6.45, 7) is 0.796. The van der Waals surface area contributed by atoms with Crippen LogP contribution in [-0.2, 0) is 4.74 Å². The summed E-state index contributed by atoms with van der Waals surface area (Å²) in [6.07, 6.45) is 2.31. The van der Waals surface area contributed by atoms with E-state index in [9.17, 15) is 10.1 Å². The number of para-hydroxylation sites is 1. The molecule has 0 bridgehead atoms. The molecule has 1 aliphatic heterocycles. The topological polar surface area (TPSA) is 78.4 Å². The number of benzene rings is 1. The second-order valence-corrected chi connectivity index (χ2v) is 4.96. The van der Waals surface area contributed by atoms with Crippen LogP contribution in [0.4, 0.5) is 11.4 Å². The van der Waals surface area contributed by atoms with Crippen LogP contribution in [0.2, 0.25) is 0 Å². The molecule has 6 heteroatoms. The molecule has 1 heterocycles. The molecule has 0 spiro atoms. The zero-order valence-electron chi connectivity index (χ0n) is 9.30. The highest BCUT2D eigenvalue weighted by Gasteiger charge is 2.21. The number of nitrogens with two attached hydrogens (primary N) is 1. The summed E-state index contributed by atoms with van der Waals surface area (Å²) in [7, 11) is 0. The fraction of sp³-hybridized carbons (Fsp3) is 0.455. The van der Waals surface area contributed by atoms with Crippen LogP contribution < -0.4 is 5.73 Å². The SMILES string of the molecule is Nc1cccc(SCC2CCCO2)c1[N+](=O)[O-]. The highest BCUT2D eigenvalue weighted by atomic mass is 32.2. The van der Waals surface area contributed by atoms with Gasteiger partial charge in [-0.15, -0.1) is 11.8 Å². The fourth-order valence-corrected chi connectivity index (χ4v) is 2.94. The van der Waals surface area contributed by atoms with Gasteiger partial charge in [0.05, 0.1) is 15.9 Å². The van der Waals surface area contributed by atoms with E-state index in [4.69, 9.17) is 10.5 Å². The van der Waals surface area contributed by atoms with Crippen LogP contribution in [0.3, 0.4) is 0 Å². The quantitative estimate of drug-likeness (QED) is 0.386. The van der Waals surface area contributed by atoms with Gasteiger partial charge in [0.1, 0.15) is 5.69 Å². The van der Waals surface area contributed by atoms with Crippen molar-refractivity contribution in [2.24, 2.45) is 0 Å². The maximum atomic E-state index is 10.9. The fourth-order valence-electron chi connectivity index (χ4n) is 1.81. The molecule has 0 aliphatic carbocycles. The molecule has 1 aromatic rings. The number of nitrogen functional groups attached to an aromatic ring is 1.